The molecule has 0 heterocycles. The molecule has 0 aromatic rings. The summed E-state index contributed by atoms with van der Waals surface area (Å²) in [4.78, 5) is 23.1. The Labute approximate surface area is 168 Å². The average Bonchev–Trinajstić information content (AvgIpc) is 2.99. The zero-order chi connectivity index (χ0) is 20.5. The molecule has 1 N–H and O–H groups in total. The number of hydrogen-bond acceptors (Lipinski definition) is 5. The number of ether oxygens (including phenoxy) is 2. The lowest BCUT2D eigenvalue weighted by atomic mass is 9.55. The first-order valence-electron chi connectivity index (χ1n) is 11.1. The van der Waals surface area contributed by atoms with Crippen molar-refractivity contribution >= 4 is 11.9 Å². The van der Waals surface area contributed by atoms with Crippen molar-refractivity contribution in [3.05, 3.63) is 0 Å². The quantitative estimate of drug-likeness (QED) is 0.723. The van der Waals surface area contributed by atoms with E-state index in [1.165, 1.54) is 13.8 Å². The molecule has 0 aromatic heterocycles. The second-order valence-electron chi connectivity index (χ2n) is 10.6. The average molecular weight is 393 g/mol. The Bertz CT molecular complexity index is 676. The minimum Gasteiger partial charge on any atom is -0.462 e. The van der Waals surface area contributed by atoms with Gasteiger partial charge in [0.2, 0.25) is 0 Å². The Balaban J connectivity index is 1.64. The number of rotatable bonds is 2. The third kappa shape index (κ3) is 2.60. The summed E-state index contributed by atoms with van der Waals surface area (Å²) in [5.41, 5.74) is -0.920. The van der Waals surface area contributed by atoms with E-state index in [1.54, 1.807) is 0 Å². The number of hydrogen-bond donors (Lipinski definition) is 1. The summed E-state index contributed by atoms with van der Waals surface area (Å²) in [7, 11) is 0. The van der Waals surface area contributed by atoms with E-state index in [4.69, 9.17) is 9.47 Å². The summed E-state index contributed by atoms with van der Waals surface area (Å²) in [6, 6.07) is 0. The molecule has 0 aromatic carbocycles. The molecular weight excluding hydrogens is 356 g/mol. The molecule has 0 saturated heterocycles. The molecule has 9 atom stereocenters. The van der Waals surface area contributed by atoms with Gasteiger partial charge in [-0.15, -0.1) is 0 Å². The van der Waals surface area contributed by atoms with Gasteiger partial charge >= 0.3 is 11.9 Å². The van der Waals surface area contributed by atoms with Crippen LogP contribution in [0.15, 0.2) is 0 Å². The molecule has 4 aliphatic rings. The van der Waals surface area contributed by atoms with Crippen molar-refractivity contribution in [2.24, 2.45) is 34.5 Å². The van der Waals surface area contributed by atoms with Crippen LogP contribution in [0.2, 0.25) is 0 Å². The summed E-state index contributed by atoms with van der Waals surface area (Å²) in [6.07, 6.45) is 6.26. The van der Waals surface area contributed by atoms with Crippen LogP contribution < -0.4 is 0 Å². The van der Waals surface area contributed by atoms with Crippen LogP contribution in [0.4, 0.5) is 0 Å². The maximum Gasteiger partial charge on any atom is 0.302 e. The summed E-state index contributed by atoms with van der Waals surface area (Å²) in [6.45, 7) is 9.75. The van der Waals surface area contributed by atoms with Crippen molar-refractivity contribution in [2.45, 2.75) is 97.4 Å². The molecule has 4 fully saturated rings. The Morgan fingerprint density at radius 1 is 0.929 bits per heavy atom. The lowest BCUT2D eigenvalue weighted by Gasteiger charge is -2.52. The predicted octanol–water partition coefficient (Wildman–Crippen LogP) is 3.86. The van der Waals surface area contributed by atoms with Crippen LogP contribution in [0.3, 0.4) is 0 Å². The molecule has 0 spiro atoms. The van der Waals surface area contributed by atoms with Crippen LogP contribution in [0.25, 0.3) is 0 Å². The first kappa shape index (κ1) is 20.2. The van der Waals surface area contributed by atoms with Crippen LogP contribution in [-0.2, 0) is 19.1 Å². The fourth-order valence-electron chi connectivity index (χ4n) is 8.21. The standard InChI is InChI=1S/C23H36O5/c1-13-20-17-6-7-19(28-15(3)25)21(17,4)10-9-18(20)22(5)11-8-16(27-14(2)24)12-23(13,22)26/h13,16-20,26H,6-12H2,1-5H3/t13-,16+,17+,18+,19+,20+,21+,22-,23-/m1/s1. The number of aliphatic hydroxyl groups is 1. The molecule has 5 nitrogen and oxygen atoms in total. The van der Waals surface area contributed by atoms with E-state index in [0.717, 1.165) is 38.5 Å². The van der Waals surface area contributed by atoms with E-state index in [1.807, 2.05) is 0 Å². The third-order valence-electron chi connectivity index (χ3n) is 9.55. The molecule has 0 bridgehead atoms. The molecule has 4 rings (SSSR count). The second kappa shape index (κ2) is 6.45. The predicted molar refractivity (Wildman–Crippen MR) is 104 cm³/mol. The Hall–Kier alpha value is -1.10. The molecule has 0 radical (unpaired) electrons. The zero-order valence-electron chi connectivity index (χ0n) is 18.0. The van der Waals surface area contributed by atoms with Crippen LogP contribution in [0, 0.1) is 34.5 Å². The van der Waals surface area contributed by atoms with Gasteiger partial charge in [-0.3, -0.25) is 9.59 Å². The van der Waals surface area contributed by atoms with Crippen molar-refractivity contribution in [3.63, 3.8) is 0 Å². The monoisotopic (exact) mass is 392 g/mol. The summed E-state index contributed by atoms with van der Waals surface area (Å²) < 4.78 is 11.3. The van der Waals surface area contributed by atoms with Gasteiger partial charge in [0.25, 0.3) is 0 Å². The minimum absolute atomic E-state index is 0.00187. The highest BCUT2D eigenvalue weighted by molar-refractivity contribution is 5.66. The fraction of sp³-hybridized carbons (Fsp3) is 0.913. The summed E-state index contributed by atoms with van der Waals surface area (Å²) in [5.74, 6) is 1.11. The Kier molecular flexibility index (Phi) is 4.65. The van der Waals surface area contributed by atoms with Crippen molar-refractivity contribution in [3.8, 4) is 0 Å². The smallest absolute Gasteiger partial charge is 0.302 e. The van der Waals surface area contributed by atoms with E-state index >= 15 is 0 Å². The van der Waals surface area contributed by atoms with Gasteiger partial charge in [-0.1, -0.05) is 20.8 Å². The van der Waals surface area contributed by atoms with Crippen LogP contribution in [-0.4, -0.2) is 34.9 Å². The van der Waals surface area contributed by atoms with E-state index in [2.05, 4.69) is 20.8 Å². The summed E-state index contributed by atoms with van der Waals surface area (Å²) in [5, 5.41) is 12.0. The van der Waals surface area contributed by atoms with E-state index in [0.29, 0.717) is 24.2 Å². The largest absolute Gasteiger partial charge is 0.462 e. The van der Waals surface area contributed by atoms with Crippen molar-refractivity contribution < 1.29 is 24.2 Å². The molecule has 0 unspecified atom stereocenters. The molecule has 158 valence electrons. The normalized spacial score (nSPS) is 52.4. The highest BCUT2D eigenvalue weighted by atomic mass is 16.5. The first-order chi connectivity index (χ1) is 13.0. The SMILES string of the molecule is CC(=O)O[C@H]1CC[C@]2(C)[C@H]3CC[C@]4(C)[C@@H](OC(C)=O)CC[C@H]4[C@@H]3[C@@H](C)[C@]2(O)C1. The lowest BCUT2D eigenvalue weighted by molar-refractivity contribution is -0.173. The lowest BCUT2D eigenvalue weighted by Crippen LogP contribution is -2.54. The summed E-state index contributed by atoms with van der Waals surface area (Å²) >= 11 is 0. The maximum atomic E-state index is 12.0. The number of esters is 2. The number of carbonyl (C=O) groups is 2. The van der Waals surface area contributed by atoms with Gasteiger partial charge < -0.3 is 14.6 Å². The first-order valence-corrected chi connectivity index (χ1v) is 11.1. The van der Waals surface area contributed by atoms with Gasteiger partial charge in [0.05, 0.1) is 5.60 Å². The van der Waals surface area contributed by atoms with Crippen molar-refractivity contribution in [2.75, 3.05) is 0 Å². The van der Waals surface area contributed by atoms with Crippen molar-refractivity contribution in [1.82, 2.24) is 0 Å². The van der Waals surface area contributed by atoms with Crippen LogP contribution in [0.1, 0.15) is 79.6 Å². The molecule has 4 saturated carbocycles. The van der Waals surface area contributed by atoms with Crippen LogP contribution >= 0.6 is 0 Å². The number of carbonyl (C=O) groups excluding carboxylic acids is 2. The van der Waals surface area contributed by atoms with Gasteiger partial charge in [-0.05, 0) is 67.6 Å². The minimum atomic E-state index is -0.800. The topological polar surface area (TPSA) is 72.8 Å². The molecule has 0 amide bonds. The second-order valence-corrected chi connectivity index (χ2v) is 10.6. The van der Waals surface area contributed by atoms with E-state index in [-0.39, 0.29) is 40.9 Å². The molecule has 0 aliphatic heterocycles. The maximum absolute atomic E-state index is 12.0. The Morgan fingerprint density at radius 2 is 1.61 bits per heavy atom. The third-order valence-corrected chi connectivity index (χ3v) is 9.55. The molecule has 28 heavy (non-hydrogen) atoms. The van der Waals surface area contributed by atoms with Gasteiger partial charge in [0, 0.05) is 25.7 Å². The zero-order valence-corrected chi connectivity index (χ0v) is 18.0. The van der Waals surface area contributed by atoms with Crippen molar-refractivity contribution in [1.29, 1.82) is 0 Å². The van der Waals surface area contributed by atoms with Gasteiger partial charge in [0.15, 0.2) is 0 Å². The highest BCUT2D eigenvalue weighted by Crippen LogP contribution is 2.71. The number of fused-ring (bicyclic) bond motifs is 5. The van der Waals surface area contributed by atoms with Gasteiger partial charge in [0.1, 0.15) is 12.2 Å². The molecule has 5 heteroatoms. The van der Waals surface area contributed by atoms with Gasteiger partial charge in [-0.2, -0.15) is 0 Å². The molecule has 4 aliphatic carbocycles. The van der Waals surface area contributed by atoms with E-state index in [9.17, 15) is 14.7 Å². The van der Waals surface area contributed by atoms with Gasteiger partial charge in [-0.25, -0.2) is 0 Å². The van der Waals surface area contributed by atoms with Crippen LogP contribution in [0.5, 0.6) is 0 Å². The Morgan fingerprint density at radius 3 is 2.25 bits per heavy atom. The van der Waals surface area contributed by atoms with E-state index < -0.39 is 5.60 Å². The highest BCUT2D eigenvalue weighted by Gasteiger charge is 2.71. The fourth-order valence-corrected chi connectivity index (χ4v) is 8.21. The molecular formula is C23H36O5.